The molecule has 118 valence electrons. The van der Waals surface area contributed by atoms with Gasteiger partial charge in [0.1, 0.15) is 6.10 Å². The fourth-order valence-corrected chi connectivity index (χ4v) is 3.77. The Morgan fingerprint density at radius 2 is 2.24 bits per heavy atom. The van der Waals surface area contributed by atoms with Crippen molar-refractivity contribution >= 4 is 29.7 Å². The summed E-state index contributed by atoms with van der Waals surface area (Å²) in [5.74, 6) is 0.0437. The molecule has 3 rings (SSSR count). The van der Waals surface area contributed by atoms with E-state index >= 15 is 0 Å². The minimum absolute atomic E-state index is 0. The molecule has 6 heteroatoms. The van der Waals surface area contributed by atoms with Crippen LogP contribution in [0.5, 0.6) is 0 Å². The lowest BCUT2D eigenvalue weighted by molar-refractivity contribution is -0.143. The van der Waals surface area contributed by atoms with Gasteiger partial charge in [-0.3, -0.25) is 4.79 Å². The van der Waals surface area contributed by atoms with Crippen LogP contribution < -0.4 is 10.6 Å². The number of ether oxygens (including phenoxy) is 1. The molecule has 0 saturated carbocycles. The number of halogens is 1. The van der Waals surface area contributed by atoms with Gasteiger partial charge in [-0.05, 0) is 55.6 Å². The molecule has 0 aliphatic carbocycles. The summed E-state index contributed by atoms with van der Waals surface area (Å²) in [6.07, 6.45) is 4.07. The zero-order valence-electron chi connectivity index (χ0n) is 12.1. The number of nitrogens with one attached hydrogen (secondary N) is 2. The maximum atomic E-state index is 12.1. The van der Waals surface area contributed by atoms with Gasteiger partial charge in [-0.1, -0.05) is 6.07 Å². The number of thiophene rings is 1. The van der Waals surface area contributed by atoms with Gasteiger partial charge < -0.3 is 15.4 Å². The molecule has 2 fully saturated rings. The average molecular weight is 331 g/mol. The Hall–Kier alpha value is -0.620. The van der Waals surface area contributed by atoms with Crippen LogP contribution in [-0.2, 0) is 16.1 Å². The van der Waals surface area contributed by atoms with Gasteiger partial charge in [0.25, 0.3) is 0 Å². The summed E-state index contributed by atoms with van der Waals surface area (Å²) in [6, 6.07) is 4.04. The molecule has 1 aromatic rings. The van der Waals surface area contributed by atoms with Gasteiger partial charge in [-0.15, -0.1) is 23.7 Å². The van der Waals surface area contributed by atoms with E-state index in [4.69, 9.17) is 4.74 Å². The third kappa shape index (κ3) is 4.19. The van der Waals surface area contributed by atoms with Crippen LogP contribution in [0.1, 0.15) is 30.6 Å². The first kappa shape index (κ1) is 16.7. The van der Waals surface area contributed by atoms with E-state index in [9.17, 15) is 4.79 Å². The van der Waals surface area contributed by atoms with E-state index in [1.165, 1.54) is 17.7 Å². The zero-order valence-corrected chi connectivity index (χ0v) is 13.7. The second kappa shape index (κ2) is 7.58. The summed E-state index contributed by atoms with van der Waals surface area (Å²) >= 11 is 1.67. The van der Waals surface area contributed by atoms with Crippen LogP contribution in [0.25, 0.3) is 0 Å². The fraction of sp³-hybridized carbons (Fsp3) is 0.667. The number of carbonyl (C=O) groups excluding carboxylic acids is 1. The molecule has 3 heterocycles. The summed E-state index contributed by atoms with van der Waals surface area (Å²) in [4.78, 5) is 13.3. The van der Waals surface area contributed by atoms with E-state index in [1.54, 1.807) is 11.3 Å². The third-order valence-corrected chi connectivity index (χ3v) is 5.38. The monoisotopic (exact) mass is 330 g/mol. The lowest BCUT2D eigenvalue weighted by Gasteiger charge is -2.42. The quantitative estimate of drug-likeness (QED) is 0.894. The second-order valence-corrected chi connectivity index (χ2v) is 6.92. The highest BCUT2D eigenvalue weighted by Gasteiger charge is 2.38. The van der Waals surface area contributed by atoms with Crippen molar-refractivity contribution in [1.82, 2.24) is 10.6 Å². The highest BCUT2D eigenvalue weighted by Crippen LogP contribution is 2.38. The Balaban J connectivity index is 0.00000161. The van der Waals surface area contributed by atoms with Gasteiger partial charge in [0.15, 0.2) is 0 Å². The van der Waals surface area contributed by atoms with Crippen molar-refractivity contribution in [3.05, 3.63) is 22.4 Å². The lowest BCUT2D eigenvalue weighted by atomic mass is 9.74. The summed E-state index contributed by atoms with van der Waals surface area (Å²) < 4.78 is 5.87. The van der Waals surface area contributed by atoms with Crippen molar-refractivity contribution < 1.29 is 9.53 Å². The second-order valence-electron chi connectivity index (χ2n) is 5.89. The van der Waals surface area contributed by atoms with E-state index in [-0.39, 0.29) is 24.4 Å². The number of rotatable bonds is 3. The molecular formula is C15H23ClN2O2S. The van der Waals surface area contributed by atoms with Gasteiger partial charge in [-0.25, -0.2) is 0 Å². The molecule has 1 unspecified atom stereocenters. The van der Waals surface area contributed by atoms with Crippen LogP contribution in [0.4, 0.5) is 0 Å². The first-order valence-electron chi connectivity index (χ1n) is 7.40. The predicted octanol–water partition coefficient (Wildman–Crippen LogP) is 2.33. The molecule has 1 atom stereocenters. The maximum absolute atomic E-state index is 12.1. The van der Waals surface area contributed by atoms with E-state index < -0.39 is 0 Å². The number of piperidine rings is 1. The Labute approximate surface area is 136 Å². The topological polar surface area (TPSA) is 50.4 Å². The van der Waals surface area contributed by atoms with Gasteiger partial charge in [0, 0.05) is 4.88 Å². The molecule has 0 aromatic carbocycles. The summed E-state index contributed by atoms with van der Waals surface area (Å²) in [7, 11) is 0. The van der Waals surface area contributed by atoms with Gasteiger partial charge >= 0.3 is 0 Å². The standard InChI is InChI=1S/C15H22N2O2S.ClH/c18-14(17-10-12-2-1-9-20-12)13-3-4-15(11-19-13)5-7-16-8-6-15;/h1-2,9,13,16H,3-8,10-11H2,(H,17,18);1H. The van der Waals surface area contributed by atoms with Crippen LogP contribution >= 0.6 is 23.7 Å². The minimum atomic E-state index is -0.254. The molecule has 2 aliphatic heterocycles. The molecule has 2 N–H and O–H groups in total. The van der Waals surface area contributed by atoms with Crippen molar-refractivity contribution in [1.29, 1.82) is 0 Å². The van der Waals surface area contributed by atoms with Gasteiger partial charge in [-0.2, -0.15) is 0 Å². The largest absolute Gasteiger partial charge is 0.368 e. The molecule has 4 nitrogen and oxygen atoms in total. The lowest BCUT2D eigenvalue weighted by Crippen LogP contribution is -2.47. The molecular weight excluding hydrogens is 308 g/mol. The average Bonchev–Trinajstić information content (AvgIpc) is 3.00. The van der Waals surface area contributed by atoms with Crippen molar-refractivity contribution in [3.8, 4) is 0 Å². The van der Waals surface area contributed by atoms with E-state index in [2.05, 4.69) is 10.6 Å². The zero-order chi connectivity index (χ0) is 13.8. The number of hydrogen-bond acceptors (Lipinski definition) is 4. The van der Waals surface area contributed by atoms with Crippen LogP contribution in [0.2, 0.25) is 0 Å². The molecule has 1 amide bonds. The van der Waals surface area contributed by atoms with Crippen molar-refractivity contribution in [2.75, 3.05) is 19.7 Å². The minimum Gasteiger partial charge on any atom is -0.368 e. The normalized spacial score (nSPS) is 24.3. The van der Waals surface area contributed by atoms with Crippen LogP contribution in [0.3, 0.4) is 0 Å². The van der Waals surface area contributed by atoms with E-state index in [1.807, 2.05) is 17.5 Å². The SMILES string of the molecule is Cl.O=C(NCc1cccs1)C1CCC2(CCNCC2)CO1. The Morgan fingerprint density at radius 1 is 1.43 bits per heavy atom. The first-order chi connectivity index (χ1) is 9.77. The van der Waals surface area contributed by atoms with E-state index in [0.717, 1.165) is 32.5 Å². The van der Waals surface area contributed by atoms with Crippen LogP contribution in [-0.4, -0.2) is 31.7 Å². The molecule has 2 saturated heterocycles. The molecule has 1 aromatic heterocycles. The summed E-state index contributed by atoms with van der Waals surface area (Å²) in [5.41, 5.74) is 0.329. The highest BCUT2D eigenvalue weighted by molar-refractivity contribution is 7.09. The Bertz CT molecular complexity index is 437. The smallest absolute Gasteiger partial charge is 0.249 e. The summed E-state index contributed by atoms with van der Waals surface area (Å²) in [5, 5.41) is 8.40. The van der Waals surface area contributed by atoms with Gasteiger partial charge in [0.2, 0.25) is 5.91 Å². The molecule has 2 aliphatic rings. The molecule has 0 radical (unpaired) electrons. The van der Waals surface area contributed by atoms with Gasteiger partial charge in [0.05, 0.1) is 13.2 Å². The first-order valence-corrected chi connectivity index (χ1v) is 8.28. The molecule has 21 heavy (non-hydrogen) atoms. The Kier molecular flexibility index (Phi) is 6.05. The maximum Gasteiger partial charge on any atom is 0.249 e. The fourth-order valence-electron chi connectivity index (χ4n) is 3.13. The van der Waals surface area contributed by atoms with Crippen molar-refractivity contribution in [3.63, 3.8) is 0 Å². The number of carbonyl (C=O) groups is 1. The van der Waals surface area contributed by atoms with Crippen molar-refractivity contribution in [2.24, 2.45) is 5.41 Å². The van der Waals surface area contributed by atoms with E-state index in [0.29, 0.717) is 12.0 Å². The van der Waals surface area contributed by atoms with Crippen LogP contribution in [0.15, 0.2) is 17.5 Å². The third-order valence-electron chi connectivity index (χ3n) is 4.50. The highest BCUT2D eigenvalue weighted by atomic mass is 35.5. The summed E-state index contributed by atoms with van der Waals surface area (Å²) in [6.45, 7) is 3.52. The van der Waals surface area contributed by atoms with Crippen LogP contribution in [0, 0.1) is 5.41 Å². The Morgan fingerprint density at radius 3 is 2.86 bits per heavy atom. The number of hydrogen-bond donors (Lipinski definition) is 2. The predicted molar refractivity (Wildman–Crippen MR) is 86.9 cm³/mol. The molecule has 1 spiro atoms. The number of amides is 1. The molecule has 0 bridgehead atoms. The van der Waals surface area contributed by atoms with Crippen molar-refractivity contribution in [2.45, 2.75) is 38.3 Å².